The predicted molar refractivity (Wildman–Crippen MR) is 113 cm³/mol. The third-order valence-electron chi connectivity index (χ3n) is 4.67. The number of nitrogens with zero attached hydrogens (tertiary/aromatic N) is 3. The molecule has 1 fully saturated rings. The average Bonchev–Trinajstić information content (AvgIpc) is 3.00. The quantitative estimate of drug-likeness (QED) is 0.158. The molecule has 0 aliphatic carbocycles. The number of carbonyl (C=O) groups excluding carboxylic acids is 2. The van der Waals surface area contributed by atoms with Gasteiger partial charge in [-0.2, -0.15) is 13.2 Å². The van der Waals surface area contributed by atoms with E-state index in [1.165, 1.54) is 0 Å². The summed E-state index contributed by atoms with van der Waals surface area (Å²) in [6.07, 6.45) is -7.15. The van der Waals surface area contributed by atoms with Gasteiger partial charge >= 0.3 is 12.2 Å². The highest BCUT2D eigenvalue weighted by atomic mass is 35.6. The van der Waals surface area contributed by atoms with Gasteiger partial charge in [-0.1, -0.05) is 40.9 Å². The number of hydrogen-bond acceptors (Lipinski definition) is 4. The Kier molecular flexibility index (Phi) is 7.37. The molecule has 1 heterocycles. The lowest BCUT2D eigenvalue weighted by atomic mass is 10.2. The Morgan fingerprint density at radius 2 is 1.44 bits per heavy atom. The zero-order valence-corrected chi connectivity index (χ0v) is 19.5. The number of amides is 3. The zero-order valence-electron chi connectivity index (χ0n) is 17.2. The molecule has 2 aromatic rings. The van der Waals surface area contributed by atoms with E-state index < -0.39 is 79.9 Å². The van der Waals surface area contributed by atoms with Crippen molar-refractivity contribution in [2.24, 2.45) is 4.99 Å². The van der Waals surface area contributed by atoms with Gasteiger partial charge in [-0.15, -0.1) is 0 Å². The molecule has 3 amide bonds. The second kappa shape index (κ2) is 9.56. The van der Waals surface area contributed by atoms with Crippen LogP contribution in [0.2, 0.25) is 0 Å². The van der Waals surface area contributed by atoms with E-state index >= 15 is 0 Å². The summed E-state index contributed by atoms with van der Waals surface area (Å²) in [5.74, 6) is -14.2. The Balaban J connectivity index is 2.17. The van der Waals surface area contributed by atoms with E-state index in [4.69, 9.17) is 34.8 Å². The van der Waals surface area contributed by atoms with Crippen molar-refractivity contribution in [3.8, 4) is 0 Å². The number of likely N-dealkylation sites (N-methyl/N-ethyl adjacent to an activating group) is 1. The highest BCUT2D eigenvalue weighted by Crippen LogP contribution is 2.37. The summed E-state index contributed by atoms with van der Waals surface area (Å²) in [7, 11) is 0.926. The molecule has 36 heavy (non-hydrogen) atoms. The molecule has 3 rings (SSSR count). The van der Waals surface area contributed by atoms with E-state index in [1.807, 2.05) is 0 Å². The van der Waals surface area contributed by atoms with Crippen molar-refractivity contribution in [3.05, 3.63) is 58.9 Å². The first-order valence-electron chi connectivity index (χ1n) is 9.18. The van der Waals surface area contributed by atoms with Crippen molar-refractivity contribution in [3.63, 3.8) is 0 Å². The zero-order chi connectivity index (χ0) is 27.3. The second-order valence-electron chi connectivity index (χ2n) is 7.02. The number of aliphatic imine (C=N–C) groups is 1. The summed E-state index contributed by atoms with van der Waals surface area (Å²) in [4.78, 5) is 29.6. The molecule has 0 spiro atoms. The van der Waals surface area contributed by atoms with Gasteiger partial charge < -0.3 is 5.32 Å². The first-order chi connectivity index (χ1) is 16.5. The maximum absolute atomic E-state index is 14.2. The third-order valence-corrected chi connectivity index (χ3v) is 5.29. The molecule has 1 aliphatic rings. The minimum atomic E-state index is -4.85. The largest absolute Gasteiger partial charge is 0.416 e. The van der Waals surface area contributed by atoms with Crippen LogP contribution in [0.1, 0.15) is 5.56 Å². The number of imide groups is 1. The summed E-state index contributed by atoms with van der Waals surface area (Å²) in [6.45, 7) is 0. The van der Waals surface area contributed by atoms with Crippen LogP contribution in [-0.2, 0) is 11.0 Å². The van der Waals surface area contributed by atoms with E-state index in [0.717, 1.165) is 19.2 Å². The van der Waals surface area contributed by atoms with E-state index in [9.17, 15) is 44.7 Å². The molecule has 1 unspecified atom stereocenters. The Hall–Kier alpha value is -2.84. The molecule has 0 aromatic heterocycles. The van der Waals surface area contributed by atoms with Gasteiger partial charge in [0, 0.05) is 7.05 Å². The van der Waals surface area contributed by atoms with Crippen molar-refractivity contribution >= 4 is 64.0 Å². The molecular formula is C19H9Cl3F8N4O2. The topological polar surface area (TPSA) is 65.0 Å². The number of amidine groups is 1. The highest BCUT2D eigenvalue weighted by Gasteiger charge is 2.45. The number of rotatable bonds is 4. The Labute approximate surface area is 211 Å². The lowest BCUT2D eigenvalue weighted by Gasteiger charge is -2.25. The van der Waals surface area contributed by atoms with Gasteiger partial charge in [0.05, 0.1) is 11.3 Å². The lowest BCUT2D eigenvalue weighted by molar-refractivity contribution is -0.137. The highest BCUT2D eigenvalue weighted by molar-refractivity contribution is 6.68. The summed E-state index contributed by atoms with van der Waals surface area (Å²) in [6, 6.07) is 1.85. The minimum Gasteiger partial charge on any atom is -0.355 e. The maximum atomic E-state index is 14.2. The van der Waals surface area contributed by atoms with Gasteiger partial charge in [0.1, 0.15) is 5.69 Å². The summed E-state index contributed by atoms with van der Waals surface area (Å²) >= 11 is 17.2. The average molecular weight is 584 g/mol. The second-order valence-corrected chi connectivity index (χ2v) is 9.39. The molecule has 0 bridgehead atoms. The van der Waals surface area contributed by atoms with E-state index in [-0.39, 0.29) is 0 Å². The van der Waals surface area contributed by atoms with Crippen LogP contribution in [0.5, 0.6) is 0 Å². The van der Waals surface area contributed by atoms with Crippen LogP contribution < -0.4 is 10.2 Å². The van der Waals surface area contributed by atoms with Crippen LogP contribution in [0.25, 0.3) is 0 Å². The molecule has 1 atom stereocenters. The molecule has 194 valence electrons. The van der Waals surface area contributed by atoms with Crippen LogP contribution >= 0.6 is 34.8 Å². The lowest BCUT2D eigenvalue weighted by Crippen LogP contribution is -2.38. The number of benzene rings is 2. The van der Waals surface area contributed by atoms with Gasteiger partial charge in [0.25, 0.3) is 5.91 Å². The van der Waals surface area contributed by atoms with Crippen molar-refractivity contribution in [1.29, 1.82) is 0 Å². The molecule has 2 aromatic carbocycles. The van der Waals surface area contributed by atoms with Crippen molar-refractivity contribution in [2.75, 3.05) is 17.3 Å². The van der Waals surface area contributed by atoms with Crippen LogP contribution in [-0.4, -0.2) is 39.7 Å². The Bertz CT molecular complexity index is 1250. The van der Waals surface area contributed by atoms with Gasteiger partial charge in [-0.3, -0.25) is 9.69 Å². The molecule has 1 aliphatic heterocycles. The number of carbonyl (C=O) groups is 2. The first kappa shape index (κ1) is 27.7. The number of urea groups is 1. The van der Waals surface area contributed by atoms with E-state index in [0.29, 0.717) is 21.9 Å². The number of anilines is 2. The van der Waals surface area contributed by atoms with Gasteiger partial charge in [-0.25, -0.2) is 36.6 Å². The fourth-order valence-electron chi connectivity index (χ4n) is 2.92. The normalized spacial score (nSPS) is 16.8. The number of nitrogens with one attached hydrogen (secondary N) is 1. The van der Waals surface area contributed by atoms with Gasteiger partial charge in [0.2, 0.25) is 15.4 Å². The number of halogens is 11. The van der Waals surface area contributed by atoms with Gasteiger partial charge in [-0.05, 0) is 18.2 Å². The Morgan fingerprint density at radius 1 is 0.917 bits per heavy atom. The summed E-state index contributed by atoms with van der Waals surface area (Å²) in [5, 5.41) is 1.68. The van der Waals surface area contributed by atoms with E-state index in [2.05, 4.69) is 4.99 Å². The summed E-state index contributed by atoms with van der Waals surface area (Å²) < 4.78 is 106. The molecule has 0 radical (unpaired) electrons. The number of alkyl halides is 6. The predicted octanol–water partition coefficient (Wildman–Crippen LogP) is 6.01. The van der Waals surface area contributed by atoms with Crippen molar-refractivity contribution in [1.82, 2.24) is 4.90 Å². The molecule has 17 heteroatoms. The fraction of sp³-hybridized carbons (Fsp3) is 0.211. The van der Waals surface area contributed by atoms with Crippen molar-refractivity contribution in [2.45, 2.75) is 16.1 Å². The number of hydrogen-bond donors (Lipinski definition) is 1. The van der Waals surface area contributed by atoms with Crippen LogP contribution in [0.4, 0.5) is 51.3 Å². The first-order valence-corrected chi connectivity index (χ1v) is 10.3. The van der Waals surface area contributed by atoms with Crippen LogP contribution in [0, 0.1) is 29.1 Å². The van der Waals surface area contributed by atoms with Crippen molar-refractivity contribution < 1.29 is 44.7 Å². The minimum absolute atomic E-state index is 0.376. The third kappa shape index (κ3) is 5.02. The standard InChI is InChI=1S/C19H9Cl3F8N4O2/c1-33-15(35)14(34(17(33)36)7-4-2-3-6(5-7)19(28,29)30)32-16(18(20,21)22)31-13-11(26)9(24)8(23)10(25)12(13)27/h2-5,16,31H,1H3. The summed E-state index contributed by atoms with van der Waals surface area (Å²) in [5.41, 5.74) is -3.43. The monoisotopic (exact) mass is 582 g/mol. The van der Waals surface area contributed by atoms with Gasteiger partial charge in [0.15, 0.2) is 29.4 Å². The molecule has 1 N–H and O–H groups in total. The van der Waals surface area contributed by atoms with Crippen LogP contribution in [0.15, 0.2) is 29.3 Å². The SMILES string of the molecule is CN1C(=O)C(=NC(Nc2c(F)c(F)c(F)c(F)c2F)C(Cl)(Cl)Cl)N(c2cccc(C(F)(F)F)c2)C1=O. The van der Waals surface area contributed by atoms with Crippen LogP contribution in [0.3, 0.4) is 0 Å². The van der Waals surface area contributed by atoms with E-state index in [1.54, 1.807) is 5.32 Å². The molecule has 1 saturated heterocycles. The molecule has 0 saturated carbocycles. The smallest absolute Gasteiger partial charge is 0.355 e. The molecule has 6 nitrogen and oxygen atoms in total. The maximum Gasteiger partial charge on any atom is 0.416 e. The molecular weight excluding hydrogens is 575 g/mol. The Morgan fingerprint density at radius 3 is 1.94 bits per heavy atom. The fourth-order valence-corrected chi connectivity index (χ4v) is 3.23.